The Balaban J connectivity index is 2.28. The Bertz CT molecular complexity index is 148. The van der Waals surface area contributed by atoms with Crippen molar-refractivity contribution in [2.24, 2.45) is 11.7 Å². The van der Waals surface area contributed by atoms with Crippen LogP contribution < -0.4 is 11.1 Å². The zero-order chi connectivity index (χ0) is 10.4. The van der Waals surface area contributed by atoms with E-state index in [9.17, 15) is 0 Å². The van der Waals surface area contributed by atoms with Crippen molar-refractivity contribution in [3.63, 3.8) is 0 Å². The fourth-order valence-electron chi connectivity index (χ4n) is 2.10. The van der Waals surface area contributed by atoms with E-state index in [2.05, 4.69) is 12.2 Å². The van der Waals surface area contributed by atoms with Crippen LogP contribution in [-0.2, 0) is 0 Å². The molecule has 0 saturated heterocycles. The zero-order valence-electron chi connectivity index (χ0n) is 9.21. The molecule has 0 radical (unpaired) electrons. The second-order valence-electron chi connectivity index (χ2n) is 4.32. The van der Waals surface area contributed by atoms with Gasteiger partial charge in [0.25, 0.3) is 0 Å². The smallest absolute Gasteiger partial charge is 0.0445 e. The molecule has 0 aromatic carbocycles. The second kappa shape index (κ2) is 6.38. The maximum Gasteiger partial charge on any atom is 0.0445 e. The third kappa shape index (κ3) is 3.23. The Morgan fingerprint density at radius 1 is 1.50 bits per heavy atom. The molecular weight excluding hydrogens is 176 g/mol. The average molecular weight is 200 g/mol. The van der Waals surface area contributed by atoms with E-state index in [0.29, 0.717) is 12.1 Å². The molecule has 1 saturated carbocycles. The molecule has 0 aromatic heterocycles. The van der Waals surface area contributed by atoms with Gasteiger partial charge in [-0.3, -0.25) is 0 Å². The molecule has 3 heteroatoms. The molecule has 1 aliphatic rings. The summed E-state index contributed by atoms with van der Waals surface area (Å²) in [5, 5.41) is 12.5. The minimum atomic E-state index is 0.271. The van der Waals surface area contributed by atoms with E-state index in [4.69, 9.17) is 10.8 Å². The van der Waals surface area contributed by atoms with Crippen LogP contribution in [0.3, 0.4) is 0 Å². The summed E-state index contributed by atoms with van der Waals surface area (Å²) < 4.78 is 0. The molecule has 1 rings (SSSR count). The van der Waals surface area contributed by atoms with Crippen LogP contribution in [0.25, 0.3) is 0 Å². The van der Waals surface area contributed by atoms with Crippen molar-refractivity contribution in [3.8, 4) is 0 Å². The second-order valence-corrected chi connectivity index (χ2v) is 4.32. The van der Waals surface area contributed by atoms with Gasteiger partial charge in [-0.1, -0.05) is 13.3 Å². The van der Waals surface area contributed by atoms with Crippen LogP contribution in [0.15, 0.2) is 0 Å². The first-order valence-corrected chi connectivity index (χ1v) is 5.88. The highest BCUT2D eigenvalue weighted by atomic mass is 16.3. The van der Waals surface area contributed by atoms with E-state index in [0.717, 1.165) is 25.3 Å². The third-order valence-corrected chi connectivity index (χ3v) is 3.39. The van der Waals surface area contributed by atoms with Crippen molar-refractivity contribution in [1.29, 1.82) is 0 Å². The SMILES string of the molecule is CCC(CCO)NC(CN)C1CCC1. The van der Waals surface area contributed by atoms with E-state index in [1.807, 2.05) is 0 Å². The van der Waals surface area contributed by atoms with Gasteiger partial charge >= 0.3 is 0 Å². The van der Waals surface area contributed by atoms with Crippen LogP contribution in [0, 0.1) is 5.92 Å². The predicted molar refractivity (Wildman–Crippen MR) is 59.1 cm³/mol. The molecule has 2 unspecified atom stereocenters. The normalized spacial score (nSPS) is 21.6. The molecule has 2 atom stereocenters. The largest absolute Gasteiger partial charge is 0.396 e. The molecule has 84 valence electrons. The van der Waals surface area contributed by atoms with E-state index in [-0.39, 0.29) is 6.61 Å². The maximum absolute atomic E-state index is 8.89. The van der Waals surface area contributed by atoms with E-state index >= 15 is 0 Å². The molecular formula is C11H24N2O. The van der Waals surface area contributed by atoms with Crippen molar-refractivity contribution in [2.75, 3.05) is 13.2 Å². The summed E-state index contributed by atoms with van der Waals surface area (Å²) >= 11 is 0. The fourth-order valence-corrected chi connectivity index (χ4v) is 2.10. The highest BCUT2D eigenvalue weighted by molar-refractivity contribution is 4.85. The Kier molecular flexibility index (Phi) is 5.45. The predicted octanol–water partition coefficient (Wildman–Crippen LogP) is 0.864. The summed E-state index contributed by atoms with van der Waals surface area (Å²) in [4.78, 5) is 0. The number of aliphatic hydroxyl groups is 1. The number of hydrogen-bond acceptors (Lipinski definition) is 3. The number of nitrogens with two attached hydrogens (primary N) is 1. The lowest BCUT2D eigenvalue weighted by molar-refractivity contribution is 0.198. The lowest BCUT2D eigenvalue weighted by Crippen LogP contribution is -2.49. The van der Waals surface area contributed by atoms with Crippen molar-refractivity contribution in [3.05, 3.63) is 0 Å². The van der Waals surface area contributed by atoms with Crippen LogP contribution in [0.5, 0.6) is 0 Å². The number of rotatable bonds is 7. The van der Waals surface area contributed by atoms with Gasteiger partial charge in [-0.05, 0) is 31.6 Å². The topological polar surface area (TPSA) is 58.3 Å². The van der Waals surface area contributed by atoms with Gasteiger partial charge in [0.15, 0.2) is 0 Å². The minimum absolute atomic E-state index is 0.271. The minimum Gasteiger partial charge on any atom is -0.396 e. The van der Waals surface area contributed by atoms with Gasteiger partial charge in [-0.25, -0.2) is 0 Å². The Morgan fingerprint density at radius 2 is 2.21 bits per heavy atom. The molecule has 0 heterocycles. The van der Waals surface area contributed by atoms with Crippen molar-refractivity contribution in [1.82, 2.24) is 5.32 Å². The maximum atomic E-state index is 8.89. The standard InChI is InChI=1S/C11H24N2O/c1-2-10(6-7-14)13-11(8-12)9-4-3-5-9/h9-11,13-14H,2-8,12H2,1H3. The lowest BCUT2D eigenvalue weighted by Gasteiger charge is -2.36. The van der Waals surface area contributed by atoms with Gasteiger partial charge in [-0.2, -0.15) is 0 Å². The van der Waals surface area contributed by atoms with Gasteiger partial charge < -0.3 is 16.2 Å². The van der Waals surface area contributed by atoms with Gasteiger partial charge in [0, 0.05) is 25.2 Å². The monoisotopic (exact) mass is 200 g/mol. The summed E-state index contributed by atoms with van der Waals surface area (Å²) in [5.74, 6) is 0.785. The quantitative estimate of drug-likeness (QED) is 0.571. The van der Waals surface area contributed by atoms with Gasteiger partial charge in [0.1, 0.15) is 0 Å². The van der Waals surface area contributed by atoms with Crippen molar-refractivity contribution < 1.29 is 5.11 Å². The van der Waals surface area contributed by atoms with Crippen LogP contribution >= 0.6 is 0 Å². The third-order valence-electron chi connectivity index (χ3n) is 3.39. The number of hydrogen-bond donors (Lipinski definition) is 3. The lowest BCUT2D eigenvalue weighted by atomic mass is 9.79. The van der Waals surface area contributed by atoms with Gasteiger partial charge in [-0.15, -0.1) is 0 Å². The first-order chi connectivity index (χ1) is 6.81. The first kappa shape index (κ1) is 12.0. The molecule has 0 bridgehead atoms. The Labute approximate surface area is 87.1 Å². The molecule has 3 nitrogen and oxygen atoms in total. The van der Waals surface area contributed by atoms with Crippen LogP contribution in [0.2, 0.25) is 0 Å². The van der Waals surface area contributed by atoms with Crippen LogP contribution in [-0.4, -0.2) is 30.3 Å². The van der Waals surface area contributed by atoms with Gasteiger partial charge in [0.2, 0.25) is 0 Å². The summed E-state index contributed by atoms with van der Waals surface area (Å²) in [5.41, 5.74) is 5.76. The van der Waals surface area contributed by atoms with Crippen molar-refractivity contribution >= 4 is 0 Å². The molecule has 0 amide bonds. The highest BCUT2D eigenvalue weighted by Crippen LogP contribution is 2.29. The van der Waals surface area contributed by atoms with E-state index < -0.39 is 0 Å². The van der Waals surface area contributed by atoms with E-state index in [1.54, 1.807) is 0 Å². The molecule has 4 N–H and O–H groups in total. The molecule has 0 aliphatic heterocycles. The van der Waals surface area contributed by atoms with Gasteiger partial charge in [0.05, 0.1) is 0 Å². The Morgan fingerprint density at radius 3 is 2.57 bits per heavy atom. The van der Waals surface area contributed by atoms with Crippen molar-refractivity contribution in [2.45, 2.75) is 51.1 Å². The number of aliphatic hydroxyl groups excluding tert-OH is 1. The highest BCUT2D eigenvalue weighted by Gasteiger charge is 2.27. The molecule has 0 aromatic rings. The zero-order valence-corrected chi connectivity index (χ0v) is 9.21. The Hall–Kier alpha value is -0.120. The average Bonchev–Trinajstić information content (AvgIpc) is 2.12. The summed E-state index contributed by atoms with van der Waals surface area (Å²) in [6.45, 7) is 3.15. The summed E-state index contributed by atoms with van der Waals surface area (Å²) in [7, 11) is 0. The molecule has 0 spiro atoms. The van der Waals surface area contributed by atoms with Crippen LogP contribution in [0.1, 0.15) is 39.0 Å². The summed E-state index contributed by atoms with van der Waals surface area (Å²) in [6, 6.07) is 0.911. The first-order valence-electron chi connectivity index (χ1n) is 5.88. The fraction of sp³-hybridized carbons (Fsp3) is 1.00. The molecule has 1 fully saturated rings. The molecule has 14 heavy (non-hydrogen) atoms. The van der Waals surface area contributed by atoms with E-state index in [1.165, 1.54) is 19.3 Å². The van der Waals surface area contributed by atoms with Crippen LogP contribution in [0.4, 0.5) is 0 Å². The number of nitrogens with one attached hydrogen (secondary N) is 1. The summed E-state index contributed by atoms with van der Waals surface area (Å²) in [6.07, 6.45) is 5.93. The molecule has 1 aliphatic carbocycles.